The monoisotopic (exact) mass is 416 g/mol. The number of hydrogen-bond acceptors (Lipinski definition) is 4. The summed E-state index contributed by atoms with van der Waals surface area (Å²) in [5, 5.41) is 0. The Morgan fingerprint density at radius 3 is 2.27 bits per heavy atom. The van der Waals surface area contributed by atoms with Crippen molar-refractivity contribution in [2.75, 3.05) is 6.61 Å². The number of hydrogen-bond donors (Lipinski definition) is 0. The van der Waals surface area contributed by atoms with Crippen LogP contribution in [0.3, 0.4) is 0 Å². The third kappa shape index (κ3) is 7.06. The van der Waals surface area contributed by atoms with Gasteiger partial charge >= 0.3 is 11.9 Å². The maximum absolute atomic E-state index is 12.0. The summed E-state index contributed by atoms with van der Waals surface area (Å²) in [6.45, 7) is 7.36. The van der Waals surface area contributed by atoms with Crippen molar-refractivity contribution < 1.29 is 19.1 Å². The average Bonchev–Trinajstić information content (AvgIpc) is 2.38. The maximum atomic E-state index is 12.0. The molecule has 0 amide bonds. The van der Waals surface area contributed by atoms with E-state index in [1.807, 2.05) is 24.3 Å². The Bertz CT molecular complexity index is 553. The van der Waals surface area contributed by atoms with Crippen LogP contribution >= 0.6 is 22.6 Å². The second-order valence-electron chi connectivity index (χ2n) is 5.70. The SMILES string of the molecule is CCOC(=O)/C(=C/c1ccc(I)cc1)CC(=O)OC(C)(C)C. The number of rotatable bonds is 5. The van der Waals surface area contributed by atoms with Gasteiger partial charge in [-0.05, 0) is 74.1 Å². The summed E-state index contributed by atoms with van der Waals surface area (Å²) in [4.78, 5) is 24.0. The van der Waals surface area contributed by atoms with Crippen molar-refractivity contribution in [3.63, 3.8) is 0 Å². The summed E-state index contributed by atoms with van der Waals surface area (Å²) in [6, 6.07) is 7.64. The topological polar surface area (TPSA) is 52.6 Å². The van der Waals surface area contributed by atoms with Crippen LogP contribution in [0, 0.1) is 3.57 Å². The standard InChI is InChI=1S/C17H21IO4/c1-5-21-16(20)13(11-15(19)22-17(2,3)4)10-12-6-8-14(18)9-7-12/h6-10H,5,11H2,1-4H3/b13-10+. The van der Waals surface area contributed by atoms with Crippen molar-refractivity contribution in [3.05, 3.63) is 39.0 Å². The predicted octanol–water partition coefficient (Wildman–Crippen LogP) is 3.97. The van der Waals surface area contributed by atoms with Crippen LogP contribution in [0.25, 0.3) is 6.08 Å². The number of halogens is 1. The smallest absolute Gasteiger partial charge is 0.334 e. The number of carbonyl (C=O) groups excluding carboxylic acids is 2. The lowest BCUT2D eigenvalue weighted by molar-refractivity contribution is -0.155. The first-order valence-corrected chi connectivity index (χ1v) is 8.14. The fourth-order valence-corrected chi connectivity index (χ4v) is 2.06. The third-order valence-electron chi connectivity index (χ3n) is 2.50. The van der Waals surface area contributed by atoms with E-state index in [-0.39, 0.29) is 18.6 Å². The average molecular weight is 416 g/mol. The molecule has 1 aromatic rings. The van der Waals surface area contributed by atoms with E-state index in [1.165, 1.54) is 0 Å². The van der Waals surface area contributed by atoms with Crippen molar-refractivity contribution in [2.24, 2.45) is 0 Å². The molecule has 1 rings (SSSR count). The molecule has 0 spiro atoms. The van der Waals surface area contributed by atoms with Crippen LogP contribution in [0.2, 0.25) is 0 Å². The predicted molar refractivity (Wildman–Crippen MR) is 94.2 cm³/mol. The van der Waals surface area contributed by atoms with Gasteiger partial charge in [0.2, 0.25) is 0 Å². The zero-order valence-electron chi connectivity index (χ0n) is 13.3. The van der Waals surface area contributed by atoms with Gasteiger partial charge in [0, 0.05) is 9.14 Å². The second-order valence-corrected chi connectivity index (χ2v) is 6.95. The Balaban J connectivity index is 2.95. The van der Waals surface area contributed by atoms with E-state index in [4.69, 9.17) is 9.47 Å². The van der Waals surface area contributed by atoms with Gasteiger partial charge in [0.15, 0.2) is 0 Å². The highest BCUT2D eigenvalue weighted by Crippen LogP contribution is 2.17. The Labute approximate surface area is 145 Å². The molecule has 0 saturated heterocycles. The van der Waals surface area contributed by atoms with Gasteiger partial charge in [-0.1, -0.05) is 12.1 Å². The summed E-state index contributed by atoms with van der Waals surface area (Å²) in [5.41, 5.74) is 0.545. The third-order valence-corrected chi connectivity index (χ3v) is 3.22. The molecule has 0 N–H and O–H groups in total. The molecule has 0 radical (unpaired) electrons. The fraction of sp³-hybridized carbons (Fsp3) is 0.412. The molecule has 0 aliphatic heterocycles. The van der Waals surface area contributed by atoms with Gasteiger partial charge < -0.3 is 9.47 Å². The van der Waals surface area contributed by atoms with E-state index in [1.54, 1.807) is 33.8 Å². The van der Waals surface area contributed by atoms with Gasteiger partial charge in [-0.2, -0.15) is 0 Å². The molecule has 0 atom stereocenters. The minimum atomic E-state index is -0.584. The Morgan fingerprint density at radius 2 is 1.77 bits per heavy atom. The molecule has 0 aliphatic rings. The molecule has 0 saturated carbocycles. The first-order valence-electron chi connectivity index (χ1n) is 7.06. The first-order chi connectivity index (χ1) is 10.2. The summed E-state index contributed by atoms with van der Waals surface area (Å²) in [6.07, 6.45) is 1.56. The van der Waals surface area contributed by atoms with E-state index in [0.717, 1.165) is 9.13 Å². The lowest BCUT2D eigenvalue weighted by Crippen LogP contribution is -2.25. The largest absolute Gasteiger partial charge is 0.463 e. The van der Waals surface area contributed by atoms with Gasteiger partial charge in [-0.15, -0.1) is 0 Å². The summed E-state index contributed by atoms with van der Waals surface area (Å²) in [7, 11) is 0. The van der Waals surface area contributed by atoms with Crippen LogP contribution in [0.15, 0.2) is 29.8 Å². The second kappa shape index (κ2) is 8.31. The highest BCUT2D eigenvalue weighted by molar-refractivity contribution is 14.1. The van der Waals surface area contributed by atoms with Crippen molar-refractivity contribution in [3.8, 4) is 0 Å². The number of carbonyl (C=O) groups is 2. The number of esters is 2. The normalized spacial score (nSPS) is 12.0. The van der Waals surface area contributed by atoms with Crippen molar-refractivity contribution >= 4 is 40.6 Å². The Kier molecular flexibility index (Phi) is 7.06. The number of ether oxygens (including phenoxy) is 2. The minimum absolute atomic E-state index is 0.109. The van der Waals surface area contributed by atoms with Gasteiger partial charge in [0.25, 0.3) is 0 Å². The van der Waals surface area contributed by atoms with Crippen LogP contribution in [0.5, 0.6) is 0 Å². The summed E-state index contributed by atoms with van der Waals surface area (Å²) < 4.78 is 11.4. The molecule has 120 valence electrons. The maximum Gasteiger partial charge on any atom is 0.334 e. The van der Waals surface area contributed by atoms with Gasteiger partial charge in [-0.3, -0.25) is 4.79 Å². The van der Waals surface area contributed by atoms with Crippen LogP contribution in [0.4, 0.5) is 0 Å². The molecule has 0 bridgehead atoms. The summed E-state index contributed by atoms with van der Waals surface area (Å²) >= 11 is 2.21. The lowest BCUT2D eigenvalue weighted by atomic mass is 10.1. The fourth-order valence-electron chi connectivity index (χ4n) is 1.70. The van der Waals surface area contributed by atoms with Gasteiger partial charge in [0.1, 0.15) is 5.60 Å². The van der Waals surface area contributed by atoms with E-state index in [9.17, 15) is 9.59 Å². The highest BCUT2D eigenvalue weighted by Gasteiger charge is 2.21. The van der Waals surface area contributed by atoms with Gasteiger partial charge in [0.05, 0.1) is 13.0 Å². The van der Waals surface area contributed by atoms with Crippen molar-refractivity contribution in [1.29, 1.82) is 0 Å². The minimum Gasteiger partial charge on any atom is -0.463 e. The van der Waals surface area contributed by atoms with Crippen molar-refractivity contribution in [2.45, 2.75) is 39.7 Å². The molecule has 0 aliphatic carbocycles. The molecule has 4 nitrogen and oxygen atoms in total. The zero-order chi connectivity index (χ0) is 16.8. The molecule has 0 fully saturated rings. The molecular weight excluding hydrogens is 395 g/mol. The molecule has 0 aromatic heterocycles. The molecule has 22 heavy (non-hydrogen) atoms. The first kappa shape index (κ1) is 18.7. The Hall–Kier alpha value is -1.37. The van der Waals surface area contributed by atoms with Crippen LogP contribution in [-0.2, 0) is 19.1 Å². The zero-order valence-corrected chi connectivity index (χ0v) is 15.5. The van der Waals surface area contributed by atoms with Crippen molar-refractivity contribution in [1.82, 2.24) is 0 Å². The van der Waals surface area contributed by atoms with Crippen LogP contribution in [0.1, 0.15) is 39.7 Å². The molecule has 1 aromatic carbocycles. The van der Waals surface area contributed by atoms with Crippen LogP contribution < -0.4 is 0 Å². The molecule has 0 heterocycles. The Morgan fingerprint density at radius 1 is 1.18 bits per heavy atom. The van der Waals surface area contributed by atoms with E-state index < -0.39 is 17.5 Å². The van der Waals surface area contributed by atoms with E-state index in [2.05, 4.69) is 22.6 Å². The molecule has 5 heteroatoms. The molecule has 0 unspecified atom stereocenters. The van der Waals surface area contributed by atoms with Gasteiger partial charge in [-0.25, -0.2) is 4.79 Å². The van der Waals surface area contributed by atoms with E-state index in [0.29, 0.717) is 0 Å². The quantitative estimate of drug-likeness (QED) is 0.414. The highest BCUT2D eigenvalue weighted by atomic mass is 127. The lowest BCUT2D eigenvalue weighted by Gasteiger charge is -2.19. The van der Waals surface area contributed by atoms with Crippen LogP contribution in [-0.4, -0.2) is 24.1 Å². The molecular formula is C17H21IO4. The number of benzene rings is 1. The summed E-state index contributed by atoms with van der Waals surface area (Å²) in [5.74, 6) is -0.941. The van der Waals surface area contributed by atoms with E-state index >= 15 is 0 Å².